The minimum atomic E-state index is 0.0158. The maximum absolute atomic E-state index is 12.1. The third kappa shape index (κ3) is 3.56. The molecule has 94 valence electrons. The third-order valence-electron chi connectivity index (χ3n) is 2.97. The van der Waals surface area contributed by atoms with E-state index in [0.717, 1.165) is 16.7 Å². The number of hydrogen-bond donors (Lipinski definition) is 2. The Balaban J connectivity index is 2.82. The molecule has 0 radical (unpaired) electrons. The SMILES string of the molecule is CNC(C)CNC(=O)c1c(C)cc(C)cc1C. The van der Waals surface area contributed by atoms with Crippen LogP contribution in [0.1, 0.15) is 34.0 Å². The first-order chi connectivity index (χ1) is 7.95. The Morgan fingerprint density at radius 2 is 1.76 bits per heavy atom. The second-order valence-electron chi connectivity index (χ2n) is 4.67. The van der Waals surface area contributed by atoms with Crippen LogP contribution in [0.15, 0.2) is 12.1 Å². The molecule has 1 aromatic rings. The van der Waals surface area contributed by atoms with E-state index < -0.39 is 0 Å². The highest BCUT2D eigenvalue weighted by Gasteiger charge is 2.12. The molecule has 1 unspecified atom stereocenters. The van der Waals surface area contributed by atoms with Gasteiger partial charge in [0.05, 0.1) is 0 Å². The van der Waals surface area contributed by atoms with Crippen molar-refractivity contribution in [2.75, 3.05) is 13.6 Å². The highest BCUT2D eigenvalue weighted by molar-refractivity contribution is 5.97. The van der Waals surface area contributed by atoms with Gasteiger partial charge in [0.25, 0.3) is 5.91 Å². The average Bonchev–Trinajstić information content (AvgIpc) is 2.24. The molecule has 1 amide bonds. The first-order valence-corrected chi connectivity index (χ1v) is 5.99. The van der Waals surface area contributed by atoms with Gasteiger partial charge in [-0.2, -0.15) is 0 Å². The second kappa shape index (κ2) is 5.82. The van der Waals surface area contributed by atoms with E-state index in [2.05, 4.69) is 10.6 Å². The molecular formula is C14H22N2O. The monoisotopic (exact) mass is 234 g/mol. The van der Waals surface area contributed by atoms with Crippen LogP contribution in [0.4, 0.5) is 0 Å². The molecule has 0 fully saturated rings. The minimum Gasteiger partial charge on any atom is -0.350 e. The number of carbonyl (C=O) groups is 1. The third-order valence-corrected chi connectivity index (χ3v) is 2.97. The number of hydrogen-bond acceptors (Lipinski definition) is 2. The molecule has 2 N–H and O–H groups in total. The summed E-state index contributed by atoms with van der Waals surface area (Å²) in [5.74, 6) is 0.0158. The Bertz CT molecular complexity index is 390. The molecule has 1 atom stereocenters. The lowest BCUT2D eigenvalue weighted by atomic mass is 9.99. The summed E-state index contributed by atoms with van der Waals surface area (Å²) < 4.78 is 0. The highest BCUT2D eigenvalue weighted by atomic mass is 16.1. The quantitative estimate of drug-likeness (QED) is 0.836. The van der Waals surface area contributed by atoms with Gasteiger partial charge < -0.3 is 10.6 Å². The molecule has 1 aromatic carbocycles. The first kappa shape index (κ1) is 13.7. The maximum atomic E-state index is 12.1. The van der Waals surface area contributed by atoms with E-state index in [9.17, 15) is 4.79 Å². The molecule has 0 heterocycles. The van der Waals surface area contributed by atoms with Crippen molar-refractivity contribution in [3.8, 4) is 0 Å². The van der Waals surface area contributed by atoms with E-state index in [-0.39, 0.29) is 11.9 Å². The molecular weight excluding hydrogens is 212 g/mol. The van der Waals surface area contributed by atoms with Gasteiger partial charge in [-0.3, -0.25) is 4.79 Å². The zero-order valence-electron chi connectivity index (χ0n) is 11.3. The average molecular weight is 234 g/mol. The molecule has 0 bridgehead atoms. The van der Waals surface area contributed by atoms with Gasteiger partial charge >= 0.3 is 0 Å². The van der Waals surface area contributed by atoms with Gasteiger partial charge in [0.2, 0.25) is 0 Å². The summed E-state index contributed by atoms with van der Waals surface area (Å²) >= 11 is 0. The maximum Gasteiger partial charge on any atom is 0.251 e. The zero-order chi connectivity index (χ0) is 13.0. The summed E-state index contributed by atoms with van der Waals surface area (Å²) in [7, 11) is 1.89. The molecule has 0 aliphatic heterocycles. The van der Waals surface area contributed by atoms with Crippen LogP contribution in [0.2, 0.25) is 0 Å². The molecule has 17 heavy (non-hydrogen) atoms. The molecule has 3 heteroatoms. The van der Waals surface area contributed by atoms with Gasteiger partial charge in [-0.1, -0.05) is 17.7 Å². The Morgan fingerprint density at radius 1 is 1.24 bits per heavy atom. The number of likely N-dealkylation sites (N-methyl/N-ethyl adjacent to an activating group) is 1. The fourth-order valence-electron chi connectivity index (χ4n) is 1.97. The van der Waals surface area contributed by atoms with Crippen molar-refractivity contribution in [3.63, 3.8) is 0 Å². The molecule has 3 nitrogen and oxygen atoms in total. The summed E-state index contributed by atoms with van der Waals surface area (Å²) in [6.07, 6.45) is 0. The number of aryl methyl sites for hydroxylation is 3. The number of carbonyl (C=O) groups excluding carboxylic acids is 1. The van der Waals surface area contributed by atoms with Crippen molar-refractivity contribution in [3.05, 3.63) is 34.4 Å². The van der Waals surface area contributed by atoms with Gasteiger partial charge in [0, 0.05) is 18.2 Å². The van der Waals surface area contributed by atoms with Crippen LogP contribution in [0.3, 0.4) is 0 Å². The Morgan fingerprint density at radius 3 is 2.24 bits per heavy atom. The number of nitrogens with one attached hydrogen (secondary N) is 2. The first-order valence-electron chi connectivity index (χ1n) is 5.99. The molecule has 0 saturated heterocycles. The summed E-state index contributed by atoms with van der Waals surface area (Å²) in [4.78, 5) is 12.1. The number of benzene rings is 1. The topological polar surface area (TPSA) is 41.1 Å². The van der Waals surface area contributed by atoms with E-state index >= 15 is 0 Å². The molecule has 0 aliphatic rings. The fraction of sp³-hybridized carbons (Fsp3) is 0.500. The predicted octanol–water partition coefficient (Wildman–Crippen LogP) is 1.95. The smallest absolute Gasteiger partial charge is 0.251 e. The lowest BCUT2D eigenvalue weighted by molar-refractivity contribution is 0.0949. The van der Waals surface area contributed by atoms with Gasteiger partial charge in [-0.05, 0) is 45.9 Å². The fourth-order valence-corrected chi connectivity index (χ4v) is 1.97. The Hall–Kier alpha value is -1.35. The van der Waals surface area contributed by atoms with Crippen molar-refractivity contribution in [1.29, 1.82) is 0 Å². The van der Waals surface area contributed by atoms with E-state index in [1.807, 2.05) is 46.9 Å². The van der Waals surface area contributed by atoms with Gasteiger partial charge in [0.15, 0.2) is 0 Å². The lowest BCUT2D eigenvalue weighted by Gasteiger charge is -2.14. The van der Waals surface area contributed by atoms with Crippen molar-refractivity contribution in [2.24, 2.45) is 0 Å². The van der Waals surface area contributed by atoms with Crippen LogP contribution in [-0.2, 0) is 0 Å². The van der Waals surface area contributed by atoms with Crippen LogP contribution < -0.4 is 10.6 Å². The Kier molecular flexibility index (Phi) is 4.70. The normalized spacial score (nSPS) is 12.3. The van der Waals surface area contributed by atoms with Crippen molar-refractivity contribution in [1.82, 2.24) is 10.6 Å². The van der Waals surface area contributed by atoms with Crippen LogP contribution in [0, 0.1) is 20.8 Å². The molecule has 0 aromatic heterocycles. The largest absolute Gasteiger partial charge is 0.350 e. The second-order valence-corrected chi connectivity index (χ2v) is 4.67. The molecule has 0 spiro atoms. The van der Waals surface area contributed by atoms with Gasteiger partial charge in [-0.25, -0.2) is 0 Å². The van der Waals surface area contributed by atoms with Gasteiger partial charge in [0.1, 0.15) is 0 Å². The van der Waals surface area contributed by atoms with Crippen molar-refractivity contribution < 1.29 is 4.79 Å². The molecule has 1 rings (SSSR count). The summed E-state index contributed by atoms with van der Waals surface area (Å²) in [5.41, 5.74) is 4.08. The number of amides is 1. The van der Waals surface area contributed by atoms with Crippen LogP contribution in [0.25, 0.3) is 0 Å². The highest BCUT2D eigenvalue weighted by Crippen LogP contribution is 2.16. The van der Waals surface area contributed by atoms with Crippen LogP contribution in [0.5, 0.6) is 0 Å². The summed E-state index contributed by atoms with van der Waals surface area (Å²) in [6, 6.07) is 4.37. The van der Waals surface area contributed by atoms with E-state index in [1.54, 1.807) is 0 Å². The zero-order valence-corrected chi connectivity index (χ0v) is 11.3. The number of rotatable bonds is 4. The van der Waals surface area contributed by atoms with Gasteiger partial charge in [-0.15, -0.1) is 0 Å². The lowest BCUT2D eigenvalue weighted by Crippen LogP contribution is -2.37. The van der Waals surface area contributed by atoms with Crippen molar-refractivity contribution >= 4 is 5.91 Å². The standard InChI is InChI=1S/C14H22N2O/c1-9-6-10(2)13(11(3)7-9)14(17)16-8-12(4)15-5/h6-7,12,15H,8H2,1-5H3,(H,16,17). The van der Waals surface area contributed by atoms with E-state index in [1.165, 1.54) is 5.56 Å². The summed E-state index contributed by atoms with van der Waals surface area (Å²) in [6.45, 7) is 8.69. The van der Waals surface area contributed by atoms with E-state index in [0.29, 0.717) is 6.54 Å². The predicted molar refractivity (Wildman–Crippen MR) is 71.5 cm³/mol. The van der Waals surface area contributed by atoms with Crippen molar-refractivity contribution in [2.45, 2.75) is 33.7 Å². The molecule has 0 aliphatic carbocycles. The Labute approximate surface area is 104 Å². The van der Waals surface area contributed by atoms with E-state index in [4.69, 9.17) is 0 Å². The minimum absolute atomic E-state index is 0.0158. The van der Waals surface area contributed by atoms with Crippen LogP contribution >= 0.6 is 0 Å². The van der Waals surface area contributed by atoms with Crippen LogP contribution in [-0.4, -0.2) is 25.5 Å². The molecule has 0 saturated carbocycles. The summed E-state index contributed by atoms with van der Waals surface area (Å²) in [5, 5.41) is 6.04.